The van der Waals surface area contributed by atoms with Gasteiger partial charge in [0.1, 0.15) is 36.8 Å². The number of aliphatic hydroxyl groups is 3. The summed E-state index contributed by atoms with van der Waals surface area (Å²) < 4.78 is 54.3. The number of carbonyl (C=O) groups excluding carboxylic acids is 2. The molecule has 1 fully saturated rings. The molecule has 68 heavy (non-hydrogen) atoms. The zero-order chi connectivity index (χ0) is 49.8. The molecule has 1 aliphatic heterocycles. The van der Waals surface area contributed by atoms with Crippen molar-refractivity contribution in [3.8, 4) is 0 Å². The Morgan fingerprint density at radius 2 is 0.882 bits per heavy atom. The summed E-state index contributed by atoms with van der Waals surface area (Å²) in [5.74, 6) is -2.02. The predicted molar refractivity (Wildman–Crippen MR) is 275 cm³/mol. The molecule has 1 saturated heterocycles. The fraction of sp³-hybridized carbons (Fsp3) is 0.782. The number of esters is 2. The summed E-state index contributed by atoms with van der Waals surface area (Å²) in [5, 5.41) is 31.0. The quantitative estimate of drug-likeness (QED) is 0.0196. The standard InChI is InChI=1S/C55H96O12S/c1-3-5-7-9-11-13-15-17-19-21-23-24-26-27-29-31-33-35-37-39-41-43-50(56)64-45-48(46-65-55-54(60)53(59)52(58)49(67-55)47-68(61,62)63)66-51(57)44-42-40-38-36-34-32-30-28-25-22-20-18-16-14-12-10-8-6-4-2/h12,14,17-20,25,28,32,34,48-49,52-55,58-60H,3-11,13,15-16,21-24,26-27,29-31,33,35-47H2,1-2H3,(H,61,62,63)/b14-12+,19-17+,20-18+,28-25+,34-32+/t48-,49-,52-,53?,54?,55+/m1/s1. The van der Waals surface area contributed by atoms with Crippen molar-refractivity contribution in [3.05, 3.63) is 60.8 Å². The van der Waals surface area contributed by atoms with Crippen LogP contribution in [-0.4, -0.2) is 96.0 Å². The summed E-state index contributed by atoms with van der Waals surface area (Å²) in [6.07, 6.45) is 46.8. The van der Waals surface area contributed by atoms with Crippen LogP contribution in [0.5, 0.6) is 0 Å². The van der Waals surface area contributed by atoms with E-state index in [4.69, 9.17) is 18.9 Å². The fourth-order valence-corrected chi connectivity index (χ4v) is 8.58. The van der Waals surface area contributed by atoms with Crippen molar-refractivity contribution in [3.63, 3.8) is 0 Å². The number of hydrogen-bond donors (Lipinski definition) is 4. The molecular formula is C55H96O12S. The number of hydrogen-bond acceptors (Lipinski definition) is 11. The Hall–Kier alpha value is -2.65. The normalized spacial score (nSPS) is 19.6. The van der Waals surface area contributed by atoms with Crippen LogP contribution in [0.4, 0.5) is 0 Å². The summed E-state index contributed by atoms with van der Waals surface area (Å²) in [6, 6.07) is 0. The number of rotatable bonds is 45. The minimum atomic E-state index is -4.61. The molecule has 0 aliphatic carbocycles. The van der Waals surface area contributed by atoms with Crippen LogP contribution in [0, 0.1) is 0 Å². The molecule has 0 radical (unpaired) electrons. The molecule has 0 bridgehead atoms. The van der Waals surface area contributed by atoms with Gasteiger partial charge in [-0.1, -0.05) is 184 Å². The van der Waals surface area contributed by atoms with E-state index in [1.165, 1.54) is 116 Å². The molecule has 1 aliphatic rings. The lowest BCUT2D eigenvalue weighted by Crippen LogP contribution is -2.60. The molecule has 6 atom stereocenters. The van der Waals surface area contributed by atoms with Crippen molar-refractivity contribution in [2.24, 2.45) is 0 Å². The van der Waals surface area contributed by atoms with Crippen LogP contribution in [0.15, 0.2) is 60.8 Å². The van der Waals surface area contributed by atoms with Gasteiger partial charge < -0.3 is 34.3 Å². The molecule has 13 heteroatoms. The van der Waals surface area contributed by atoms with Crippen molar-refractivity contribution in [2.45, 2.75) is 256 Å². The molecular weight excluding hydrogens is 885 g/mol. The molecule has 0 aromatic rings. The van der Waals surface area contributed by atoms with Gasteiger partial charge in [-0.3, -0.25) is 14.1 Å². The molecule has 0 spiro atoms. The van der Waals surface area contributed by atoms with E-state index < -0.39 is 71.2 Å². The lowest BCUT2D eigenvalue weighted by Gasteiger charge is -2.40. The summed E-state index contributed by atoms with van der Waals surface area (Å²) in [5.41, 5.74) is 0. The minimum Gasteiger partial charge on any atom is -0.462 e. The van der Waals surface area contributed by atoms with Gasteiger partial charge in [0.2, 0.25) is 0 Å². The van der Waals surface area contributed by atoms with E-state index in [0.29, 0.717) is 12.8 Å². The smallest absolute Gasteiger partial charge is 0.306 e. The Morgan fingerprint density at radius 1 is 0.500 bits per heavy atom. The van der Waals surface area contributed by atoms with Gasteiger partial charge in [-0.25, -0.2) is 0 Å². The summed E-state index contributed by atoms with van der Waals surface area (Å²) >= 11 is 0. The maximum atomic E-state index is 12.9. The topological polar surface area (TPSA) is 186 Å². The summed E-state index contributed by atoms with van der Waals surface area (Å²) in [4.78, 5) is 25.6. The second-order valence-electron chi connectivity index (χ2n) is 18.5. The Kier molecular flexibility index (Phi) is 41.3. The van der Waals surface area contributed by atoms with Gasteiger partial charge in [0, 0.05) is 12.8 Å². The molecule has 4 N–H and O–H groups in total. The first-order chi connectivity index (χ1) is 33.0. The van der Waals surface area contributed by atoms with Crippen molar-refractivity contribution >= 4 is 22.1 Å². The highest BCUT2D eigenvalue weighted by atomic mass is 32.2. The second kappa shape index (κ2) is 44.3. The van der Waals surface area contributed by atoms with Gasteiger partial charge in [0.25, 0.3) is 10.1 Å². The van der Waals surface area contributed by atoms with E-state index in [9.17, 15) is 37.9 Å². The number of unbranched alkanes of at least 4 members (excludes halogenated alkanes) is 23. The second-order valence-corrected chi connectivity index (χ2v) is 20.0. The molecule has 0 saturated carbocycles. The highest BCUT2D eigenvalue weighted by Gasteiger charge is 2.46. The predicted octanol–water partition coefficient (Wildman–Crippen LogP) is 12.5. The first kappa shape index (κ1) is 63.4. The van der Waals surface area contributed by atoms with E-state index in [2.05, 4.69) is 74.6 Å². The van der Waals surface area contributed by atoms with E-state index in [1.54, 1.807) is 0 Å². The molecule has 12 nitrogen and oxygen atoms in total. The Bertz CT molecular complexity index is 1470. The Morgan fingerprint density at radius 3 is 1.37 bits per heavy atom. The van der Waals surface area contributed by atoms with Crippen molar-refractivity contribution in [2.75, 3.05) is 19.0 Å². The lowest BCUT2D eigenvalue weighted by molar-refractivity contribution is -0.297. The number of allylic oxidation sites excluding steroid dienone is 10. The third-order valence-electron chi connectivity index (χ3n) is 12.1. The molecule has 0 aromatic heterocycles. The Labute approximate surface area is 413 Å². The van der Waals surface area contributed by atoms with Crippen molar-refractivity contribution in [1.29, 1.82) is 0 Å². The molecule has 1 heterocycles. The highest BCUT2D eigenvalue weighted by Crippen LogP contribution is 2.24. The zero-order valence-electron chi connectivity index (χ0n) is 42.4. The zero-order valence-corrected chi connectivity index (χ0v) is 43.3. The van der Waals surface area contributed by atoms with Gasteiger partial charge in [0.05, 0.1) is 6.61 Å². The highest BCUT2D eigenvalue weighted by molar-refractivity contribution is 7.85. The van der Waals surface area contributed by atoms with Gasteiger partial charge in [-0.2, -0.15) is 8.42 Å². The van der Waals surface area contributed by atoms with Gasteiger partial charge in [-0.15, -0.1) is 0 Å². The van der Waals surface area contributed by atoms with Gasteiger partial charge >= 0.3 is 11.9 Å². The van der Waals surface area contributed by atoms with Crippen LogP contribution >= 0.6 is 0 Å². The lowest BCUT2D eigenvalue weighted by atomic mass is 10.00. The van der Waals surface area contributed by atoms with E-state index in [-0.39, 0.29) is 19.4 Å². The van der Waals surface area contributed by atoms with Gasteiger partial charge in [-0.05, 0) is 83.5 Å². The van der Waals surface area contributed by atoms with Gasteiger partial charge in [0.15, 0.2) is 12.4 Å². The average molecular weight is 981 g/mol. The van der Waals surface area contributed by atoms with Crippen molar-refractivity contribution in [1.82, 2.24) is 0 Å². The summed E-state index contributed by atoms with van der Waals surface area (Å²) in [7, 11) is -4.61. The van der Waals surface area contributed by atoms with Crippen molar-refractivity contribution < 1.29 is 56.8 Å². The molecule has 0 amide bonds. The van der Waals surface area contributed by atoms with E-state index in [1.807, 2.05) is 0 Å². The number of aliphatic hydroxyl groups excluding tert-OH is 3. The van der Waals surface area contributed by atoms with Crippen LogP contribution in [0.2, 0.25) is 0 Å². The fourth-order valence-electron chi connectivity index (χ4n) is 7.89. The number of carbonyl (C=O) groups is 2. The minimum absolute atomic E-state index is 0.125. The monoisotopic (exact) mass is 981 g/mol. The van der Waals surface area contributed by atoms with Crippen LogP contribution in [0.1, 0.15) is 219 Å². The maximum Gasteiger partial charge on any atom is 0.306 e. The van der Waals surface area contributed by atoms with Crippen LogP contribution in [-0.2, 0) is 38.7 Å². The maximum absolute atomic E-state index is 12.9. The summed E-state index contributed by atoms with van der Waals surface area (Å²) in [6.45, 7) is 3.73. The third-order valence-corrected chi connectivity index (χ3v) is 12.8. The van der Waals surface area contributed by atoms with E-state index >= 15 is 0 Å². The van der Waals surface area contributed by atoms with Crippen LogP contribution < -0.4 is 0 Å². The van der Waals surface area contributed by atoms with Crippen LogP contribution in [0.3, 0.4) is 0 Å². The first-order valence-corrected chi connectivity index (χ1v) is 28.5. The average Bonchev–Trinajstić information content (AvgIpc) is 3.31. The third kappa shape index (κ3) is 38.1. The SMILES string of the molecule is CCCCC/C=C/C/C=C/C/C=C/C/C=C/CCCCCC(=O)O[C@H](COC(=O)CCCCCCCCCCCCC/C=C/CCCCCCCC)CO[C@H]1O[C@H](CS(=O)(=O)O)[C@@H](O)C(O)C1O. The van der Waals surface area contributed by atoms with Crippen LogP contribution in [0.25, 0.3) is 0 Å². The molecule has 2 unspecified atom stereocenters. The van der Waals surface area contributed by atoms with E-state index in [0.717, 1.165) is 64.2 Å². The largest absolute Gasteiger partial charge is 0.462 e. The molecule has 394 valence electrons. The number of ether oxygens (including phenoxy) is 4. The molecule has 1 rings (SSSR count). The molecule has 0 aromatic carbocycles. The first-order valence-electron chi connectivity index (χ1n) is 26.8. The Balaban J connectivity index is 2.38.